The van der Waals surface area contributed by atoms with Gasteiger partial charge in [-0.15, -0.1) is 0 Å². The van der Waals surface area contributed by atoms with Gasteiger partial charge in [0.1, 0.15) is 5.75 Å². The molecule has 28 heavy (non-hydrogen) atoms. The summed E-state index contributed by atoms with van der Waals surface area (Å²) in [7, 11) is 1.48. The molecular weight excluding hydrogens is 382 g/mol. The van der Waals surface area contributed by atoms with Gasteiger partial charge in [0, 0.05) is 30.0 Å². The molecule has 0 saturated carbocycles. The fourth-order valence-corrected chi connectivity index (χ4v) is 3.11. The maximum absolute atomic E-state index is 12.4. The number of nitrogens with one attached hydrogen (secondary N) is 1. The predicted molar refractivity (Wildman–Crippen MR) is 106 cm³/mol. The summed E-state index contributed by atoms with van der Waals surface area (Å²) in [6, 6.07) is 10.2. The third-order valence-corrected chi connectivity index (χ3v) is 4.43. The maximum atomic E-state index is 12.4. The van der Waals surface area contributed by atoms with Crippen LogP contribution >= 0.6 is 11.6 Å². The van der Waals surface area contributed by atoms with E-state index in [-0.39, 0.29) is 11.9 Å². The molecule has 146 valence electrons. The number of methoxy groups -OCH3 is 1. The average molecular weight is 402 g/mol. The number of fused-ring (bicyclic) bond motifs is 1. The smallest absolute Gasteiger partial charge is 0.308 e. The van der Waals surface area contributed by atoms with Crippen molar-refractivity contribution in [3.05, 3.63) is 58.6 Å². The van der Waals surface area contributed by atoms with Gasteiger partial charge in [-0.1, -0.05) is 17.7 Å². The standard InChI is InChI=1S/C21H20ClNO5/c1-13(24)28-19-6-3-14(11-20(19)26-2)4-8-21(25)23-17-9-10-27-18-7-5-15(22)12-16(17)18/h3-8,11-12,17H,9-10H2,1-2H3,(H,23,25)/b8-4+. The predicted octanol–water partition coefficient (Wildman–Crippen LogP) is 3.93. The summed E-state index contributed by atoms with van der Waals surface area (Å²) in [5.74, 6) is 0.799. The summed E-state index contributed by atoms with van der Waals surface area (Å²) in [6.07, 6.45) is 3.77. The third-order valence-electron chi connectivity index (χ3n) is 4.20. The summed E-state index contributed by atoms with van der Waals surface area (Å²) in [4.78, 5) is 23.5. The molecule has 0 bridgehead atoms. The van der Waals surface area contributed by atoms with Crippen LogP contribution in [0.25, 0.3) is 6.08 Å². The molecule has 1 N–H and O–H groups in total. The van der Waals surface area contributed by atoms with Crippen LogP contribution in [0.1, 0.15) is 30.5 Å². The quantitative estimate of drug-likeness (QED) is 0.467. The van der Waals surface area contributed by atoms with E-state index in [1.165, 1.54) is 20.1 Å². The number of benzene rings is 2. The van der Waals surface area contributed by atoms with Crippen LogP contribution in [0, 0.1) is 0 Å². The second-order valence-corrected chi connectivity index (χ2v) is 6.65. The van der Waals surface area contributed by atoms with Gasteiger partial charge in [-0.3, -0.25) is 9.59 Å². The van der Waals surface area contributed by atoms with Crippen LogP contribution in [0.4, 0.5) is 0 Å². The van der Waals surface area contributed by atoms with Crippen LogP contribution in [-0.4, -0.2) is 25.6 Å². The van der Waals surface area contributed by atoms with Crippen molar-refractivity contribution < 1.29 is 23.8 Å². The first-order valence-electron chi connectivity index (χ1n) is 8.73. The highest BCUT2D eigenvalue weighted by atomic mass is 35.5. The molecule has 3 rings (SSSR count). The second kappa shape index (κ2) is 8.80. The molecule has 0 aromatic heterocycles. The molecule has 0 saturated heterocycles. The molecule has 1 aliphatic rings. The molecule has 0 aliphatic carbocycles. The minimum absolute atomic E-state index is 0.166. The van der Waals surface area contributed by atoms with Gasteiger partial charge in [-0.25, -0.2) is 0 Å². The molecule has 1 unspecified atom stereocenters. The Bertz CT molecular complexity index is 925. The summed E-state index contributed by atoms with van der Waals surface area (Å²) < 4.78 is 15.9. The largest absolute Gasteiger partial charge is 0.493 e. The van der Waals surface area contributed by atoms with Gasteiger partial charge in [0.15, 0.2) is 11.5 Å². The number of carbonyl (C=O) groups excluding carboxylic acids is 2. The van der Waals surface area contributed by atoms with Crippen molar-refractivity contribution in [1.82, 2.24) is 5.32 Å². The normalized spacial score (nSPS) is 15.5. The molecule has 0 fully saturated rings. The fraction of sp³-hybridized carbons (Fsp3) is 0.238. The first-order chi connectivity index (χ1) is 13.5. The Morgan fingerprint density at radius 2 is 2.04 bits per heavy atom. The molecule has 0 radical (unpaired) electrons. The number of amides is 1. The number of ether oxygens (including phenoxy) is 3. The zero-order valence-corrected chi connectivity index (χ0v) is 16.3. The molecule has 7 heteroatoms. The van der Waals surface area contributed by atoms with Gasteiger partial charge in [0.2, 0.25) is 5.91 Å². The van der Waals surface area contributed by atoms with Crippen molar-refractivity contribution in [2.45, 2.75) is 19.4 Å². The zero-order chi connectivity index (χ0) is 20.1. The van der Waals surface area contributed by atoms with Crippen molar-refractivity contribution in [2.75, 3.05) is 13.7 Å². The summed E-state index contributed by atoms with van der Waals surface area (Å²) >= 11 is 6.07. The Morgan fingerprint density at radius 1 is 1.21 bits per heavy atom. The van der Waals surface area contributed by atoms with Crippen LogP contribution in [0.5, 0.6) is 17.2 Å². The van der Waals surface area contributed by atoms with E-state index in [1.54, 1.807) is 30.3 Å². The number of rotatable bonds is 5. The Labute approximate surface area is 168 Å². The molecule has 1 atom stereocenters. The molecule has 2 aromatic rings. The molecule has 0 spiro atoms. The zero-order valence-electron chi connectivity index (χ0n) is 15.5. The van der Waals surface area contributed by atoms with E-state index in [0.717, 1.165) is 16.9 Å². The lowest BCUT2D eigenvalue weighted by atomic mass is 10.0. The number of hydrogen-bond acceptors (Lipinski definition) is 5. The van der Waals surface area contributed by atoms with E-state index in [0.29, 0.717) is 29.5 Å². The van der Waals surface area contributed by atoms with E-state index in [9.17, 15) is 9.59 Å². The summed E-state index contributed by atoms with van der Waals surface area (Å²) in [5, 5.41) is 3.57. The molecule has 1 amide bonds. The van der Waals surface area contributed by atoms with Crippen molar-refractivity contribution >= 4 is 29.6 Å². The SMILES string of the molecule is COc1cc(/C=C/C(=O)NC2CCOc3ccc(Cl)cc32)ccc1OC(C)=O. The van der Waals surface area contributed by atoms with Gasteiger partial charge >= 0.3 is 5.97 Å². The molecule has 6 nitrogen and oxygen atoms in total. The topological polar surface area (TPSA) is 73.9 Å². The van der Waals surface area contributed by atoms with E-state index in [4.69, 9.17) is 25.8 Å². The number of esters is 1. The maximum Gasteiger partial charge on any atom is 0.308 e. The monoisotopic (exact) mass is 401 g/mol. The van der Waals surface area contributed by atoms with Gasteiger partial charge in [-0.05, 0) is 42.0 Å². The van der Waals surface area contributed by atoms with Crippen LogP contribution in [0.3, 0.4) is 0 Å². The lowest BCUT2D eigenvalue weighted by molar-refractivity contribution is -0.132. The second-order valence-electron chi connectivity index (χ2n) is 6.22. The van der Waals surface area contributed by atoms with Crippen molar-refractivity contribution in [3.63, 3.8) is 0 Å². The van der Waals surface area contributed by atoms with Gasteiger partial charge in [0.25, 0.3) is 0 Å². The Morgan fingerprint density at radius 3 is 2.79 bits per heavy atom. The summed E-state index contributed by atoms with van der Waals surface area (Å²) in [5.41, 5.74) is 1.60. The van der Waals surface area contributed by atoms with Crippen LogP contribution in [0.2, 0.25) is 5.02 Å². The fourth-order valence-electron chi connectivity index (χ4n) is 2.93. The van der Waals surface area contributed by atoms with E-state index in [1.807, 2.05) is 12.1 Å². The Hall–Kier alpha value is -2.99. The van der Waals surface area contributed by atoms with Gasteiger partial charge in [0.05, 0.1) is 19.8 Å². The Balaban J connectivity index is 1.70. The Kier molecular flexibility index (Phi) is 6.21. The molecule has 2 aromatic carbocycles. The number of hydrogen-bond donors (Lipinski definition) is 1. The highest BCUT2D eigenvalue weighted by molar-refractivity contribution is 6.30. The van der Waals surface area contributed by atoms with Crippen LogP contribution in [-0.2, 0) is 9.59 Å². The lowest BCUT2D eigenvalue weighted by Gasteiger charge is -2.26. The minimum atomic E-state index is -0.433. The number of carbonyl (C=O) groups is 2. The van der Waals surface area contributed by atoms with Crippen molar-refractivity contribution in [3.8, 4) is 17.2 Å². The molecule has 1 heterocycles. The van der Waals surface area contributed by atoms with E-state index >= 15 is 0 Å². The third kappa shape index (κ3) is 4.84. The average Bonchev–Trinajstić information content (AvgIpc) is 2.67. The first-order valence-corrected chi connectivity index (χ1v) is 9.11. The van der Waals surface area contributed by atoms with Crippen molar-refractivity contribution in [2.24, 2.45) is 0 Å². The summed E-state index contributed by atoms with van der Waals surface area (Å²) in [6.45, 7) is 1.84. The molecular formula is C21H20ClNO5. The lowest BCUT2D eigenvalue weighted by Crippen LogP contribution is -2.30. The molecule has 1 aliphatic heterocycles. The van der Waals surface area contributed by atoms with Crippen LogP contribution < -0.4 is 19.5 Å². The number of halogens is 1. The van der Waals surface area contributed by atoms with Gasteiger partial charge in [-0.2, -0.15) is 0 Å². The van der Waals surface area contributed by atoms with Gasteiger partial charge < -0.3 is 19.5 Å². The highest BCUT2D eigenvalue weighted by Gasteiger charge is 2.22. The van der Waals surface area contributed by atoms with E-state index < -0.39 is 5.97 Å². The van der Waals surface area contributed by atoms with Crippen LogP contribution in [0.15, 0.2) is 42.5 Å². The first kappa shape index (κ1) is 19.8. The minimum Gasteiger partial charge on any atom is -0.493 e. The van der Waals surface area contributed by atoms with Crippen molar-refractivity contribution in [1.29, 1.82) is 0 Å². The highest BCUT2D eigenvalue weighted by Crippen LogP contribution is 2.34. The van der Waals surface area contributed by atoms with E-state index in [2.05, 4.69) is 5.32 Å².